The van der Waals surface area contributed by atoms with Crippen LogP contribution in [-0.2, 0) is 4.79 Å². The molecule has 68 valence electrons. The monoisotopic (exact) mass is 171 g/mol. The van der Waals surface area contributed by atoms with Crippen LogP contribution in [0.1, 0.15) is 25.7 Å². The van der Waals surface area contributed by atoms with Crippen molar-refractivity contribution in [3.63, 3.8) is 0 Å². The van der Waals surface area contributed by atoms with Crippen LogP contribution in [0.25, 0.3) is 0 Å². The highest BCUT2D eigenvalue weighted by Gasteiger charge is 2.18. The van der Waals surface area contributed by atoms with E-state index in [0.717, 1.165) is 12.8 Å². The van der Waals surface area contributed by atoms with Crippen molar-refractivity contribution < 1.29 is 14.7 Å². The van der Waals surface area contributed by atoms with E-state index in [0.29, 0.717) is 31.1 Å². The molecular formula is C8H13NO3. The molecule has 4 nitrogen and oxygen atoms in total. The quantitative estimate of drug-likeness (QED) is 0.651. The first-order valence-electron chi connectivity index (χ1n) is 4.17. The maximum atomic E-state index is 10.8. The second kappa shape index (κ2) is 4.09. The summed E-state index contributed by atoms with van der Waals surface area (Å²) in [6.45, 7) is 0.489. The Balaban J connectivity index is 2.17. The van der Waals surface area contributed by atoms with Crippen molar-refractivity contribution in [3.8, 4) is 0 Å². The predicted octanol–water partition coefficient (Wildman–Crippen LogP) is 1.01. The summed E-state index contributed by atoms with van der Waals surface area (Å²) in [5.41, 5.74) is 0. The Labute approximate surface area is 71.0 Å². The number of nitrogens with one attached hydrogen (secondary N) is 1. The smallest absolute Gasteiger partial charge is 0.404 e. The number of carboxylic acid groups (broad SMARTS) is 1. The molecule has 0 spiro atoms. The average molecular weight is 171 g/mol. The van der Waals surface area contributed by atoms with E-state index in [1.165, 1.54) is 0 Å². The number of carbonyl (C=O) groups is 2. The van der Waals surface area contributed by atoms with Crippen molar-refractivity contribution in [1.82, 2.24) is 5.32 Å². The summed E-state index contributed by atoms with van der Waals surface area (Å²) >= 11 is 0. The zero-order valence-corrected chi connectivity index (χ0v) is 6.88. The summed E-state index contributed by atoms with van der Waals surface area (Å²) in [4.78, 5) is 20.9. The van der Waals surface area contributed by atoms with Gasteiger partial charge in [-0.25, -0.2) is 4.79 Å². The molecule has 0 aromatic carbocycles. The first-order valence-corrected chi connectivity index (χ1v) is 4.17. The lowest BCUT2D eigenvalue weighted by Crippen LogP contribution is -2.30. The molecule has 2 N–H and O–H groups in total. The zero-order valence-electron chi connectivity index (χ0n) is 6.88. The molecule has 0 bridgehead atoms. The van der Waals surface area contributed by atoms with Gasteiger partial charge in [0.1, 0.15) is 5.78 Å². The van der Waals surface area contributed by atoms with Gasteiger partial charge in [0.2, 0.25) is 0 Å². The van der Waals surface area contributed by atoms with Crippen LogP contribution in [0, 0.1) is 5.92 Å². The Morgan fingerprint density at radius 1 is 1.50 bits per heavy atom. The van der Waals surface area contributed by atoms with Gasteiger partial charge in [-0.3, -0.25) is 4.79 Å². The van der Waals surface area contributed by atoms with Gasteiger partial charge in [-0.05, 0) is 18.8 Å². The van der Waals surface area contributed by atoms with Crippen LogP contribution >= 0.6 is 0 Å². The molecule has 4 heteroatoms. The van der Waals surface area contributed by atoms with E-state index in [-0.39, 0.29) is 0 Å². The Kier molecular flexibility index (Phi) is 3.08. The van der Waals surface area contributed by atoms with Gasteiger partial charge in [-0.2, -0.15) is 0 Å². The number of hydrogen-bond acceptors (Lipinski definition) is 2. The van der Waals surface area contributed by atoms with Crippen molar-refractivity contribution in [2.24, 2.45) is 5.92 Å². The minimum absolute atomic E-state index is 0.307. The summed E-state index contributed by atoms with van der Waals surface area (Å²) in [6, 6.07) is 0. The molecule has 0 aliphatic heterocycles. The van der Waals surface area contributed by atoms with Crippen molar-refractivity contribution in [2.75, 3.05) is 6.54 Å². The third-order valence-electron chi connectivity index (χ3n) is 2.20. The minimum Gasteiger partial charge on any atom is -0.465 e. The molecule has 1 aliphatic rings. The number of Topliss-reactive ketones (excluding diaryl/α,β-unsaturated/α-hetero) is 1. The maximum absolute atomic E-state index is 10.8. The number of ketones is 1. The largest absolute Gasteiger partial charge is 0.465 e. The molecule has 1 fully saturated rings. The molecule has 12 heavy (non-hydrogen) atoms. The fraction of sp³-hybridized carbons (Fsp3) is 0.750. The van der Waals surface area contributed by atoms with Crippen LogP contribution < -0.4 is 5.32 Å². The number of hydrogen-bond donors (Lipinski definition) is 2. The molecule has 1 amide bonds. The van der Waals surface area contributed by atoms with Crippen LogP contribution in [0.15, 0.2) is 0 Å². The third kappa shape index (κ3) is 2.90. The maximum Gasteiger partial charge on any atom is 0.404 e. The molecule has 0 aromatic heterocycles. The van der Waals surface area contributed by atoms with Crippen LogP contribution in [0.3, 0.4) is 0 Å². The van der Waals surface area contributed by atoms with Crippen LogP contribution in [0.4, 0.5) is 4.79 Å². The molecule has 1 rings (SSSR count). The van der Waals surface area contributed by atoms with Gasteiger partial charge < -0.3 is 10.4 Å². The normalized spacial score (nSPS) is 19.2. The SMILES string of the molecule is O=C1CCC(CNC(=O)O)CC1. The van der Waals surface area contributed by atoms with E-state index in [9.17, 15) is 9.59 Å². The van der Waals surface area contributed by atoms with Crippen molar-refractivity contribution >= 4 is 11.9 Å². The standard InChI is InChI=1S/C8H13NO3/c10-7-3-1-6(2-4-7)5-9-8(11)12/h6,9H,1-5H2,(H,11,12). The Bertz CT molecular complexity index is 181. The molecule has 0 radical (unpaired) electrons. The second-order valence-electron chi connectivity index (χ2n) is 3.17. The first kappa shape index (κ1) is 9.03. The van der Waals surface area contributed by atoms with Crippen LogP contribution in [-0.4, -0.2) is 23.5 Å². The molecule has 0 heterocycles. The van der Waals surface area contributed by atoms with Crippen LogP contribution in [0.2, 0.25) is 0 Å². The number of amides is 1. The number of rotatable bonds is 2. The van der Waals surface area contributed by atoms with Crippen LogP contribution in [0.5, 0.6) is 0 Å². The lowest BCUT2D eigenvalue weighted by molar-refractivity contribution is -0.120. The predicted molar refractivity (Wildman–Crippen MR) is 43.0 cm³/mol. The molecule has 1 aliphatic carbocycles. The van der Waals surface area contributed by atoms with Gasteiger partial charge in [-0.15, -0.1) is 0 Å². The minimum atomic E-state index is -0.980. The Morgan fingerprint density at radius 3 is 2.58 bits per heavy atom. The van der Waals surface area contributed by atoms with Crippen molar-refractivity contribution in [3.05, 3.63) is 0 Å². The molecular weight excluding hydrogens is 158 g/mol. The van der Waals surface area contributed by atoms with Gasteiger partial charge in [-0.1, -0.05) is 0 Å². The lowest BCUT2D eigenvalue weighted by Gasteiger charge is -2.20. The first-order chi connectivity index (χ1) is 5.68. The molecule has 0 atom stereocenters. The van der Waals surface area contributed by atoms with Crippen molar-refractivity contribution in [1.29, 1.82) is 0 Å². The summed E-state index contributed by atoms with van der Waals surface area (Å²) in [6.07, 6.45) is 1.92. The fourth-order valence-corrected chi connectivity index (χ4v) is 1.44. The lowest BCUT2D eigenvalue weighted by atomic mass is 9.88. The van der Waals surface area contributed by atoms with E-state index in [1.54, 1.807) is 0 Å². The highest BCUT2D eigenvalue weighted by molar-refractivity contribution is 5.79. The zero-order chi connectivity index (χ0) is 8.97. The van der Waals surface area contributed by atoms with Gasteiger partial charge >= 0.3 is 6.09 Å². The Hall–Kier alpha value is -1.06. The second-order valence-corrected chi connectivity index (χ2v) is 3.17. The van der Waals surface area contributed by atoms with Gasteiger partial charge in [0.25, 0.3) is 0 Å². The molecule has 0 unspecified atom stereocenters. The average Bonchev–Trinajstić information content (AvgIpc) is 2.03. The summed E-state index contributed by atoms with van der Waals surface area (Å²) in [5, 5.41) is 10.7. The number of carbonyl (C=O) groups excluding carboxylic acids is 1. The molecule has 1 saturated carbocycles. The molecule has 0 aromatic rings. The highest BCUT2D eigenvalue weighted by Crippen LogP contribution is 2.20. The van der Waals surface area contributed by atoms with Crippen molar-refractivity contribution in [2.45, 2.75) is 25.7 Å². The fourth-order valence-electron chi connectivity index (χ4n) is 1.44. The van der Waals surface area contributed by atoms with E-state index >= 15 is 0 Å². The summed E-state index contributed by atoms with van der Waals surface area (Å²) in [7, 11) is 0. The highest BCUT2D eigenvalue weighted by atomic mass is 16.4. The Morgan fingerprint density at radius 2 is 2.08 bits per heavy atom. The van der Waals surface area contributed by atoms with Gasteiger partial charge in [0.15, 0.2) is 0 Å². The topological polar surface area (TPSA) is 66.4 Å². The van der Waals surface area contributed by atoms with Gasteiger partial charge in [0.05, 0.1) is 0 Å². The van der Waals surface area contributed by atoms with E-state index in [2.05, 4.69) is 5.32 Å². The third-order valence-corrected chi connectivity index (χ3v) is 2.20. The van der Waals surface area contributed by atoms with E-state index in [1.807, 2.05) is 0 Å². The van der Waals surface area contributed by atoms with E-state index in [4.69, 9.17) is 5.11 Å². The summed E-state index contributed by atoms with van der Waals surface area (Å²) < 4.78 is 0. The van der Waals surface area contributed by atoms with Gasteiger partial charge in [0, 0.05) is 19.4 Å². The summed E-state index contributed by atoms with van der Waals surface area (Å²) in [5.74, 6) is 0.667. The van der Waals surface area contributed by atoms with E-state index < -0.39 is 6.09 Å². The molecule has 0 saturated heterocycles.